The van der Waals surface area contributed by atoms with E-state index in [4.69, 9.17) is 5.73 Å². The second-order valence-electron chi connectivity index (χ2n) is 4.20. The molecule has 2 N–H and O–H groups in total. The molecule has 0 aromatic carbocycles. The number of carbonyl (C=O) groups is 1. The molecule has 0 aliphatic rings. The van der Waals surface area contributed by atoms with E-state index in [9.17, 15) is 4.79 Å². The first kappa shape index (κ1) is 14.2. The van der Waals surface area contributed by atoms with E-state index in [1.54, 1.807) is 6.20 Å². The molecular formula is C15H20N2O. The molecule has 1 rings (SSSR count). The maximum absolute atomic E-state index is 11.4. The lowest BCUT2D eigenvalue weighted by atomic mass is 9.92. The molecule has 3 heteroatoms. The summed E-state index contributed by atoms with van der Waals surface area (Å²) in [6, 6.07) is 1.94. The van der Waals surface area contributed by atoms with E-state index < -0.39 is 5.91 Å². The number of aryl methyl sites for hydroxylation is 1. The number of allylic oxidation sites excluding steroid dienone is 4. The second-order valence-corrected chi connectivity index (χ2v) is 4.20. The largest absolute Gasteiger partial charge is 0.366 e. The van der Waals surface area contributed by atoms with Crippen molar-refractivity contribution in [1.82, 2.24) is 4.98 Å². The minimum absolute atomic E-state index is 0.186. The van der Waals surface area contributed by atoms with Gasteiger partial charge in [0.2, 0.25) is 0 Å². The Kier molecular flexibility index (Phi) is 5.31. The molecule has 0 spiro atoms. The van der Waals surface area contributed by atoms with Crippen molar-refractivity contribution in [2.45, 2.75) is 33.1 Å². The number of pyridine rings is 1. The van der Waals surface area contributed by atoms with Crippen LogP contribution in [0.1, 0.15) is 47.8 Å². The van der Waals surface area contributed by atoms with Crippen molar-refractivity contribution in [2.24, 2.45) is 5.73 Å². The summed E-state index contributed by atoms with van der Waals surface area (Å²) in [5, 5.41) is 0. The first-order valence-corrected chi connectivity index (χ1v) is 6.16. The van der Waals surface area contributed by atoms with E-state index in [0.717, 1.165) is 17.7 Å². The molecule has 1 aromatic heterocycles. The van der Waals surface area contributed by atoms with Crippen LogP contribution in [-0.2, 0) is 0 Å². The smallest absolute Gasteiger partial charge is 0.250 e. The lowest BCUT2D eigenvalue weighted by Crippen LogP contribution is -2.16. The lowest BCUT2D eigenvalue weighted by Gasteiger charge is -2.14. The summed E-state index contributed by atoms with van der Waals surface area (Å²) in [5.41, 5.74) is 7.76. The van der Waals surface area contributed by atoms with E-state index >= 15 is 0 Å². The van der Waals surface area contributed by atoms with Crippen LogP contribution in [-0.4, -0.2) is 10.9 Å². The predicted octanol–water partition coefficient (Wildman–Crippen LogP) is 3.11. The SMILES string of the molecule is C/C=C/C=C/C(CC)c1cc(C)ncc1C(N)=O. The van der Waals surface area contributed by atoms with E-state index in [-0.39, 0.29) is 5.92 Å². The Morgan fingerprint density at radius 3 is 2.78 bits per heavy atom. The molecular weight excluding hydrogens is 224 g/mol. The summed E-state index contributed by atoms with van der Waals surface area (Å²) in [7, 11) is 0. The zero-order valence-corrected chi connectivity index (χ0v) is 11.2. The Bertz CT molecular complexity index is 475. The normalized spacial score (nSPS) is 13.3. The highest BCUT2D eigenvalue weighted by molar-refractivity contribution is 5.94. The van der Waals surface area contributed by atoms with Gasteiger partial charge in [-0.3, -0.25) is 9.78 Å². The Morgan fingerprint density at radius 1 is 1.50 bits per heavy atom. The standard InChI is InChI=1S/C15H20N2O/c1-4-6-7-8-12(5-2)13-9-11(3)17-10-14(13)15(16)18/h4,6-10,12H,5H2,1-3H3,(H2,16,18)/b6-4+,8-7+. The molecule has 0 fully saturated rings. The van der Waals surface area contributed by atoms with Crippen molar-refractivity contribution < 1.29 is 4.79 Å². The number of carbonyl (C=O) groups excluding carboxylic acids is 1. The minimum atomic E-state index is -0.421. The summed E-state index contributed by atoms with van der Waals surface area (Å²) < 4.78 is 0. The molecule has 0 aliphatic carbocycles. The van der Waals surface area contributed by atoms with E-state index in [0.29, 0.717) is 5.56 Å². The van der Waals surface area contributed by atoms with Gasteiger partial charge in [0.1, 0.15) is 0 Å². The van der Waals surface area contributed by atoms with Crippen LogP contribution >= 0.6 is 0 Å². The summed E-state index contributed by atoms with van der Waals surface area (Å²) in [6.07, 6.45) is 10.5. The highest BCUT2D eigenvalue weighted by Gasteiger charge is 2.15. The molecule has 96 valence electrons. The summed E-state index contributed by atoms with van der Waals surface area (Å²) >= 11 is 0. The Morgan fingerprint density at radius 2 is 2.22 bits per heavy atom. The monoisotopic (exact) mass is 244 g/mol. The van der Waals surface area contributed by atoms with Crippen LogP contribution in [0.5, 0.6) is 0 Å². The summed E-state index contributed by atoms with van der Waals surface area (Å²) in [6.45, 7) is 5.97. The van der Waals surface area contributed by atoms with Crippen molar-refractivity contribution in [3.05, 3.63) is 53.4 Å². The van der Waals surface area contributed by atoms with Gasteiger partial charge in [-0.05, 0) is 31.9 Å². The first-order valence-electron chi connectivity index (χ1n) is 6.16. The van der Waals surface area contributed by atoms with Gasteiger partial charge in [0.05, 0.1) is 5.56 Å². The van der Waals surface area contributed by atoms with Crippen LogP contribution in [0.25, 0.3) is 0 Å². The Hall–Kier alpha value is -1.90. The molecule has 0 saturated heterocycles. The quantitative estimate of drug-likeness (QED) is 0.809. The van der Waals surface area contributed by atoms with Crippen LogP contribution in [0, 0.1) is 6.92 Å². The minimum Gasteiger partial charge on any atom is -0.366 e. The third kappa shape index (κ3) is 3.55. The van der Waals surface area contributed by atoms with Crippen molar-refractivity contribution in [3.63, 3.8) is 0 Å². The Balaban J connectivity index is 3.18. The fourth-order valence-corrected chi connectivity index (χ4v) is 1.86. The van der Waals surface area contributed by atoms with Gasteiger partial charge < -0.3 is 5.73 Å². The van der Waals surface area contributed by atoms with Crippen molar-refractivity contribution >= 4 is 5.91 Å². The van der Waals surface area contributed by atoms with Crippen LogP contribution in [0.2, 0.25) is 0 Å². The maximum atomic E-state index is 11.4. The zero-order chi connectivity index (χ0) is 13.5. The van der Waals surface area contributed by atoms with Gasteiger partial charge in [0.15, 0.2) is 0 Å². The average Bonchev–Trinajstić information content (AvgIpc) is 2.34. The third-order valence-corrected chi connectivity index (χ3v) is 2.82. The number of aromatic nitrogens is 1. The van der Waals surface area contributed by atoms with Gasteiger partial charge in [0, 0.05) is 17.8 Å². The molecule has 1 unspecified atom stereocenters. The summed E-state index contributed by atoms with van der Waals surface area (Å²) in [4.78, 5) is 15.6. The van der Waals surface area contributed by atoms with Gasteiger partial charge in [0.25, 0.3) is 5.91 Å². The van der Waals surface area contributed by atoms with Crippen LogP contribution in [0.15, 0.2) is 36.6 Å². The summed E-state index contributed by atoms with van der Waals surface area (Å²) in [5.74, 6) is -0.235. The second kappa shape index (κ2) is 6.74. The molecule has 1 heterocycles. The Labute approximate surface area is 108 Å². The molecule has 1 atom stereocenters. The van der Waals surface area contributed by atoms with Crippen LogP contribution in [0.4, 0.5) is 0 Å². The number of amides is 1. The van der Waals surface area contributed by atoms with Crippen molar-refractivity contribution in [3.8, 4) is 0 Å². The molecule has 3 nitrogen and oxygen atoms in total. The zero-order valence-electron chi connectivity index (χ0n) is 11.2. The van der Waals surface area contributed by atoms with Crippen molar-refractivity contribution in [1.29, 1.82) is 0 Å². The predicted molar refractivity (Wildman–Crippen MR) is 74.5 cm³/mol. The molecule has 0 aliphatic heterocycles. The van der Waals surface area contributed by atoms with Crippen LogP contribution in [0.3, 0.4) is 0 Å². The molecule has 18 heavy (non-hydrogen) atoms. The fraction of sp³-hybridized carbons (Fsp3) is 0.333. The number of hydrogen-bond donors (Lipinski definition) is 1. The number of nitrogens with two attached hydrogens (primary N) is 1. The third-order valence-electron chi connectivity index (χ3n) is 2.82. The highest BCUT2D eigenvalue weighted by atomic mass is 16.1. The highest BCUT2D eigenvalue weighted by Crippen LogP contribution is 2.25. The fourth-order valence-electron chi connectivity index (χ4n) is 1.86. The number of primary amides is 1. The molecule has 0 radical (unpaired) electrons. The van der Waals surface area contributed by atoms with Gasteiger partial charge in [-0.1, -0.05) is 31.2 Å². The topological polar surface area (TPSA) is 56.0 Å². The van der Waals surface area contributed by atoms with E-state index in [1.807, 2.05) is 38.1 Å². The molecule has 1 amide bonds. The van der Waals surface area contributed by atoms with Crippen molar-refractivity contribution in [2.75, 3.05) is 0 Å². The van der Waals surface area contributed by atoms with Gasteiger partial charge >= 0.3 is 0 Å². The maximum Gasteiger partial charge on any atom is 0.250 e. The average molecular weight is 244 g/mol. The van der Waals surface area contributed by atoms with Gasteiger partial charge in [-0.15, -0.1) is 0 Å². The number of nitrogens with zero attached hydrogens (tertiary/aromatic N) is 1. The number of hydrogen-bond acceptors (Lipinski definition) is 2. The van der Waals surface area contributed by atoms with Gasteiger partial charge in [-0.25, -0.2) is 0 Å². The van der Waals surface area contributed by atoms with Crippen LogP contribution < -0.4 is 5.73 Å². The van der Waals surface area contributed by atoms with Gasteiger partial charge in [-0.2, -0.15) is 0 Å². The van der Waals surface area contributed by atoms with E-state index in [1.165, 1.54) is 0 Å². The lowest BCUT2D eigenvalue weighted by molar-refractivity contribution is 0.0999. The first-order chi connectivity index (χ1) is 8.60. The molecule has 1 aromatic rings. The molecule has 0 saturated carbocycles. The molecule has 0 bridgehead atoms. The number of rotatable bonds is 5. The van der Waals surface area contributed by atoms with E-state index in [2.05, 4.69) is 18.0 Å².